The van der Waals surface area contributed by atoms with Crippen LogP contribution in [0.2, 0.25) is 0 Å². The molecule has 0 unspecified atom stereocenters. The van der Waals surface area contributed by atoms with Crippen LogP contribution in [0.15, 0.2) is 30.5 Å². The lowest BCUT2D eigenvalue weighted by molar-refractivity contribution is 0.408. The number of methoxy groups -OCH3 is 1. The fourth-order valence-corrected chi connectivity index (χ4v) is 2.74. The third-order valence-electron chi connectivity index (χ3n) is 4.05. The molecule has 2 aromatic heterocycles. The highest BCUT2D eigenvalue weighted by molar-refractivity contribution is 5.85. The molecule has 25 heavy (non-hydrogen) atoms. The smallest absolute Gasteiger partial charge is 0.222 e. The van der Waals surface area contributed by atoms with E-state index < -0.39 is 0 Å². The Balaban J connectivity index is 1.79. The molecule has 0 amide bonds. The van der Waals surface area contributed by atoms with E-state index in [0.717, 1.165) is 54.7 Å². The van der Waals surface area contributed by atoms with E-state index in [9.17, 15) is 0 Å². The highest BCUT2D eigenvalue weighted by Crippen LogP contribution is 2.21. The maximum atomic E-state index is 5.83. The van der Waals surface area contributed by atoms with Gasteiger partial charge in [-0.15, -0.1) is 0 Å². The van der Waals surface area contributed by atoms with Crippen LogP contribution in [0.1, 0.15) is 25.3 Å². The molecule has 0 aliphatic rings. The molecular weight excluding hydrogens is 316 g/mol. The van der Waals surface area contributed by atoms with Crippen molar-refractivity contribution in [1.82, 2.24) is 19.7 Å². The Morgan fingerprint density at radius 1 is 1.24 bits per heavy atom. The summed E-state index contributed by atoms with van der Waals surface area (Å²) in [6, 6.07) is 8.02. The van der Waals surface area contributed by atoms with E-state index in [1.807, 2.05) is 29.1 Å². The maximum Gasteiger partial charge on any atom is 0.222 e. The molecule has 7 heteroatoms. The fourth-order valence-electron chi connectivity index (χ4n) is 2.74. The van der Waals surface area contributed by atoms with Crippen LogP contribution < -0.4 is 15.8 Å². The average Bonchev–Trinajstić information content (AvgIpc) is 3.03. The molecule has 1 aromatic carbocycles. The zero-order valence-electron chi connectivity index (χ0n) is 14.7. The SMILES string of the molecule is CCCCNc1nc(N)nc2cn(CCc3ccccc3OC)nc12. The minimum atomic E-state index is 0.260. The standard InChI is InChI=1S/C18H24N6O/c1-3-4-10-20-17-16-14(21-18(19)22-17)12-24(23-16)11-9-13-7-5-6-8-15(13)25-2/h5-8,12H,3-4,9-11H2,1-2H3,(H3,19,20,21,22). The van der Waals surface area contributed by atoms with E-state index in [1.54, 1.807) is 7.11 Å². The van der Waals surface area contributed by atoms with E-state index in [-0.39, 0.29) is 5.95 Å². The molecular formula is C18H24N6O. The molecule has 132 valence electrons. The fraction of sp³-hybridized carbons (Fsp3) is 0.389. The molecule has 3 rings (SSSR count). The molecule has 2 heterocycles. The molecule has 3 aromatic rings. The van der Waals surface area contributed by atoms with Gasteiger partial charge >= 0.3 is 0 Å². The molecule has 0 fully saturated rings. The Hall–Kier alpha value is -2.83. The number of para-hydroxylation sites is 1. The number of rotatable bonds is 8. The molecule has 0 aliphatic heterocycles. The zero-order chi connectivity index (χ0) is 17.6. The monoisotopic (exact) mass is 340 g/mol. The van der Waals surface area contributed by atoms with Crippen molar-refractivity contribution in [3.63, 3.8) is 0 Å². The van der Waals surface area contributed by atoms with Crippen molar-refractivity contribution in [1.29, 1.82) is 0 Å². The minimum Gasteiger partial charge on any atom is -0.496 e. The number of anilines is 2. The first-order valence-corrected chi connectivity index (χ1v) is 8.57. The van der Waals surface area contributed by atoms with Gasteiger partial charge < -0.3 is 15.8 Å². The Kier molecular flexibility index (Phi) is 5.33. The number of nitrogens with two attached hydrogens (primary N) is 1. The van der Waals surface area contributed by atoms with Crippen molar-refractivity contribution in [2.75, 3.05) is 24.7 Å². The number of nitrogen functional groups attached to an aromatic ring is 1. The summed E-state index contributed by atoms with van der Waals surface area (Å²) < 4.78 is 7.29. The van der Waals surface area contributed by atoms with Crippen molar-refractivity contribution < 1.29 is 4.74 Å². The third kappa shape index (κ3) is 3.99. The number of benzene rings is 1. The maximum absolute atomic E-state index is 5.83. The second kappa shape index (κ2) is 7.83. The second-order valence-electron chi connectivity index (χ2n) is 5.90. The zero-order valence-corrected chi connectivity index (χ0v) is 14.7. The van der Waals surface area contributed by atoms with E-state index in [4.69, 9.17) is 10.5 Å². The number of hydrogen-bond donors (Lipinski definition) is 2. The van der Waals surface area contributed by atoms with Gasteiger partial charge in [0.2, 0.25) is 5.95 Å². The lowest BCUT2D eigenvalue weighted by atomic mass is 10.1. The van der Waals surface area contributed by atoms with Gasteiger partial charge in [0, 0.05) is 13.1 Å². The Morgan fingerprint density at radius 3 is 2.88 bits per heavy atom. The number of aryl methyl sites for hydroxylation is 2. The summed E-state index contributed by atoms with van der Waals surface area (Å²) in [7, 11) is 1.69. The summed E-state index contributed by atoms with van der Waals surface area (Å²) >= 11 is 0. The molecule has 3 N–H and O–H groups in total. The first-order chi connectivity index (χ1) is 12.2. The van der Waals surface area contributed by atoms with Crippen LogP contribution in [0, 0.1) is 0 Å². The molecule has 0 atom stereocenters. The lowest BCUT2D eigenvalue weighted by Gasteiger charge is -2.07. The minimum absolute atomic E-state index is 0.260. The van der Waals surface area contributed by atoms with E-state index in [2.05, 4.69) is 33.4 Å². The normalized spacial score (nSPS) is 11.0. The van der Waals surface area contributed by atoms with Crippen LogP contribution in [0.3, 0.4) is 0 Å². The Labute approximate surface area is 147 Å². The highest BCUT2D eigenvalue weighted by atomic mass is 16.5. The van der Waals surface area contributed by atoms with E-state index in [0.29, 0.717) is 5.82 Å². The van der Waals surface area contributed by atoms with Gasteiger partial charge in [0.25, 0.3) is 0 Å². The summed E-state index contributed by atoms with van der Waals surface area (Å²) in [6.07, 6.45) is 4.91. The molecule has 7 nitrogen and oxygen atoms in total. The van der Waals surface area contributed by atoms with Gasteiger partial charge in [-0.2, -0.15) is 10.1 Å². The van der Waals surface area contributed by atoms with Gasteiger partial charge in [-0.3, -0.25) is 4.68 Å². The van der Waals surface area contributed by atoms with Gasteiger partial charge in [0.05, 0.1) is 13.3 Å². The highest BCUT2D eigenvalue weighted by Gasteiger charge is 2.11. The summed E-state index contributed by atoms with van der Waals surface area (Å²) in [5.74, 6) is 1.85. The van der Waals surface area contributed by atoms with Crippen LogP contribution in [0.4, 0.5) is 11.8 Å². The summed E-state index contributed by atoms with van der Waals surface area (Å²) in [5, 5.41) is 7.94. The van der Waals surface area contributed by atoms with Crippen LogP contribution >= 0.6 is 0 Å². The van der Waals surface area contributed by atoms with Crippen molar-refractivity contribution in [3.05, 3.63) is 36.0 Å². The van der Waals surface area contributed by atoms with Gasteiger partial charge in [-0.1, -0.05) is 31.5 Å². The van der Waals surface area contributed by atoms with Gasteiger partial charge in [0.1, 0.15) is 11.3 Å². The Morgan fingerprint density at radius 2 is 2.08 bits per heavy atom. The topological polar surface area (TPSA) is 90.9 Å². The van der Waals surface area contributed by atoms with Crippen molar-refractivity contribution in [2.24, 2.45) is 0 Å². The molecule has 0 bridgehead atoms. The predicted molar refractivity (Wildman–Crippen MR) is 99.8 cm³/mol. The van der Waals surface area contributed by atoms with Crippen LogP contribution in [-0.2, 0) is 13.0 Å². The summed E-state index contributed by atoms with van der Waals surface area (Å²) in [5.41, 5.74) is 8.49. The number of aromatic nitrogens is 4. The number of nitrogens with one attached hydrogen (secondary N) is 1. The van der Waals surface area contributed by atoms with Gasteiger partial charge in [-0.25, -0.2) is 4.98 Å². The molecule has 0 aliphatic carbocycles. The molecule has 0 radical (unpaired) electrons. The lowest BCUT2D eigenvalue weighted by Crippen LogP contribution is -2.07. The molecule has 0 saturated heterocycles. The average molecular weight is 340 g/mol. The van der Waals surface area contributed by atoms with Crippen LogP contribution in [0.5, 0.6) is 5.75 Å². The first kappa shape index (κ1) is 17.0. The predicted octanol–water partition coefficient (Wildman–Crippen LogP) is 2.87. The number of fused-ring (bicyclic) bond motifs is 1. The van der Waals surface area contributed by atoms with Crippen molar-refractivity contribution in [2.45, 2.75) is 32.7 Å². The second-order valence-corrected chi connectivity index (χ2v) is 5.90. The van der Waals surface area contributed by atoms with Crippen molar-refractivity contribution >= 4 is 22.8 Å². The third-order valence-corrected chi connectivity index (χ3v) is 4.05. The number of ether oxygens (including phenoxy) is 1. The van der Waals surface area contributed by atoms with Crippen molar-refractivity contribution in [3.8, 4) is 5.75 Å². The largest absolute Gasteiger partial charge is 0.496 e. The van der Waals surface area contributed by atoms with E-state index >= 15 is 0 Å². The summed E-state index contributed by atoms with van der Waals surface area (Å²) in [4.78, 5) is 8.58. The molecule has 0 spiro atoms. The Bertz CT molecular complexity index is 845. The van der Waals surface area contributed by atoms with Gasteiger partial charge in [0.15, 0.2) is 11.3 Å². The van der Waals surface area contributed by atoms with Crippen LogP contribution in [0.25, 0.3) is 11.0 Å². The molecule has 0 saturated carbocycles. The van der Waals surface area contributed by atoms with Gasteiger partial charge in [-0.05, 0) is 24.5 Å². The van der Waals surface area contributed by atoms with E-state index in [1.165, 1.54) is 0 Å². The quantitative estimate of drug-likeness (QED) is 0.613. The number of hydrogen-bond acceptors (Lipinski definition) is 6. The number of nitrogens with zero attached hydrogens (tertiary/aromatic N) is 4. The summed E-state index contributed by atoms with van der Waals surface area (Å²) in [6.45, 7) is 3.72. The number of unbranched alkanes of at least 4 members (excludes halogenated alkanes) is 1. The van der Waals surface area contributed by atoms with Crippen LogP contribution in [-0.4, -0.2) is 33.4 Å². The first-order valence-electron chi connectivity index (χ1n) is 8.57.